The number of anilines is 1. The molecule has 27 heavy (non-hydrogen) atoms. The Balaban J connectivity index is 1.45. The van der Waals surface area contributed by atoms with Crippen LogP contribution in [0.5, 0.6) is 0 Å². The molecule has 6 heteroatoms. The fourth-order valence-electron chi connectivity index (χ4n) is 4.07. The van der Waals surface area contributed by atoms with Crippen molar-refractivity contribution < 1.29 is 9.59 Å². The summed E-state index contributed by atoms with van der Waals surface area (Å²) in [5, 5.41) is 2.95. The summed E-state index contributed by atoms with van der Waals surface area (Å²) in [4.78, 5) is 29.0. The van der Waals surface area contributed by atoms with Gasteiger partial charge in [0.15, 0.2) is 0 Å². The van der Waals surface area contributed by atoms with Crippen molar-refractivity contribution in [3.05, 3.63) is 29.8 Å². The highest BCUT2D eigenvalue weighted by molar-refractivity contribution is 5.91. The van der Waals surface area contributed by atoms with Crippen molar-refractivity contribution in [3.63, 3.8) is 0 Å². The van der Waals surface area contributed by atoms with Crippen molar-refractivity contribution in [2.45, 2.75) is 45.1 Å². The van der Waals surface area contributed by atoms with Gasteiger partial charge in [-0.1, -0.05) is 25.5 Å². The lowest BCUT2D eigenvalue weighted by Crippen LogP contribution is -2.48. The van der Waals surface area contributed by atoms with E-state index >= 15 is 0 Å². The van der Waals surface area contributed by atoms with E-state index in [1.165, 1.54) is 0 Å². The van der Waals surface area contributed by atoms with E-state index in [0.717, 1.165) is 63.2 Å². The number of nitrogens with two attached hydrogens (primary N) is 1. The van der Waals surface area contributed by atoms with Gasteiger partial charge < -0.3 is 20.9 Å². The van der Waals surface area contributed by atoms with Gasteiger partial charge in [-0.15, -0.1) is 0 Å². The number of likely N-dealkylation sites (N-methyl/N-ethyl adjacent to an activating group) is 1. The van der Waals surface area contributed by atoms with Crippen molar-refractivity contribution in [1.29, 1.82) is 0 Å². The zero-order valence-electron chi connectivity index (χ0n) is 16.3. The van der Waals surface area contributed by atoms with E-state index in [1.54, 1.807) is 0 Å². The van der Waals surface area contributed by atoms with Crippen molar-refractivity contribution in [2.24, 2.45) is 11.7 Å². The largest absolute Gasteiger partial charge is 0.340 e. The van der Waals surface area contributed by atoms with Crippen molar-refractivity contribution in [3.8, 4) is 0 Å². The molecule has 0 bridgehead atoms. The maximum Gasteiger partial charge on any atom is 0.227 e. The average molecular weight is 373 g/mol. The lowest BCUT2D eigenvalue weighted by molar-refractivity contribution is -0.132. The summed E-state index contributed by atoms with van der Waals surface area (Å²) in [5.74, 6) is 0.503. The third kappa shape index (κ3) is 5.53. The minimum Gasteiger partial charge on any atom is -0.340 e. The van der Waals surface area contributed by atoms with Crippen LogP contribution < -0.4 is 11.1 Å². The second-order valence-corrected chi connectivity index (χ2v) is 7.80. The van der Waals surface area contributed by atoms with E-state index in [9.17, 15) is 9.59 Å². The predicted molar refractivity (Wildman–Crippen MR) is 107 cm³/mol. The minimum atomic E-state index is 0.0231. The fourth-order valence-corrected chi connectivity index (χ4v) is 4.07. The van der Waals surface area contributed by atoms with Crippen LogP contribution >= 0.6 is 0 Å². The number of rotatable bonds is 6. The molecule has 0 spiro atoms. The van der Waals surface area contributed by atoms with Crippen LogP contribution in [0, 0.1) is 5.92 Å². The number of piperazine rings is 1. The zero-order valence-corrected chi connectivity index (χ0v) is 16.3. The molecule has 2 atom stereocenters. The van der Waals surface area contributed by atoms with Gasteiger partial charge in [0.05, 0.1) is 6.42 Å². The number of hydrogen-bond donors (Lipinski definition) is 2. The molecule has 148 valence electrons. The molecule has 2 amide bonds. The van der Waals surface area contributed by atoms with E-state index in [0.29, 0.717) is 18.8 Å². The molecule has 1 aromatic rings. The van der Waals surface area contributed by atoms with E-state index in [-0.39, 0.29) is 17.9 Å². The standard InChI is InChI=1S/C21H32N4O2/c1-2-24-10-12-25(13-11-24)21(27)14-16-6-8-18(9-7-16)23-20(26)15-17-4-3-5-19(17)22/h6-9,17,19H,2-5,10-15,22H2,1H3,(H,23,26)/t17-,19+/m0/s1. The van der Waals surface area contributed by atoms with Crippen LogP contribution in [-0.4, -0.2) is 60.4 Å². The number of nitrogens with zero attached hydrogens (tertiary/aromatic N) is 2. The summed E-state index contributed by atoms with van der Waals surface area (Å²) in [6, 6.07) is 7.77. The van der Waals surface area contributed by atoms with Crippen LogP contribution in [0.1, 0.15) is 38.2 Å². The van der Waals surface area contributed by atoms with Crippen LogP contribution in [0.4, 0.5) is 5.69 Å². The first-order chi connectivity index (χ1) is 13.0. The minimum absolute atomic E-state index is 0.0231. The van der Waals surface area contributed by atoms with Gasteiger partial charge in [-0.25, -0.2) is 0 Å². The predicted octanol–water partition coefficient (Wildman–Crippen LogP) is 1.85. The summed E-state index contributed by atoms with van der Waals surface area (Å²) in [7, 11) is 0. The second-order valence-electron chi connectivity index (χ2n) is 7.80. The molecule has 6 nitrogen and oxygen atoms in total. The first-order valence-electron chi connectivity index (χ1n) is 10.2. The Labute approximate surface area is 162 Å². The maximum atomic E-state index is 12.5. The number of hydrogen-bond acceptors (Lipinski definition) is 4. The quantitative estimate of drug-likeness (QED) is 0.799. The summed E-state index contributed by atoms with van der Waals surface area (Å²) >= 11 is 0. The van der Waals surface area contributed by atoms with E-state index in [1.807, 2.05) is 29.2 Å². The van der Waals surface area contributed by atoms with Crippen LogP contribution in [0.15, 0.2) is 24.3 Å². The molecule has 2 aliphatic rings. The Morgan fingerprint density at radius 3 is 2.41 bits per heavy atom. The molecule has 3 N–H and O–H groups in total. The highest BCUT2D eigenvalue weighted by Gasteiger charge is 2.26. The molecule has 0 aromatic heterocycles. The van der Waals surface area contributed by atoms with Gasteiger partial charge in [-0.3, -0.25) is 9.59 Å². The molecule has 1 saturated carbocycles. The first-order valence-corrected chi connectivity index (χ1v) is 10.2. The Kier molecular flexibility index (Phi) is 6.85. The van der Waals surface area contributed by atoms with E-state index < -0.39 is 0 Å². The van der Waals surface area contributed by atoms with Crippen LogP contribution in [-0.2, 0) is 16.0 Å². The first kappa shape index (κ1) is 19.8. The molecule has 1 aromatic carbocycles. The molecular formula is C21H32N4O2. The summed E-state index contributed by atoms with van der Waals surface area (Å²) in [6.07, 6.45) is 4.09. The van der Waals surface area contributed by atoms with Crippen molar-refractivity contribution in [2.75, 3.05) is 38.0 Å². The number of carbonyl (C=O) groups is 2. The number of amides is 2. The van der Waals surface area contributed by atoms with Gasteiger partial charge in [-0.2, -0.15) is 0 Å². The van der Waals surface area contributed by atoms with Crippen molar-refractivity contribution >= 4 is 17.5 Å². The normalized spacial score (nSPS) is 23.4. The SMILES string of the molecule is CCN1CCN(C(=O)Cc2ccc(NC(=O)C[C@@H]3CCC[C@H]3N)cc2)CC1. The van der Waals surface area contributed by atoms with Crippen LogP contribution in [0.3, 0.4) is 0 Å². The molecule has 3 rings (SSSR count). The van der Waals surface area contributed by atoms with Crippen LogP contribution in [0.25, 0.3) is 0 Å². The Bertz CT molecular complexity index is 638. The molecule has 1 heterocycles. The maximum absolute atomic E-state index is 12.5. The van der Waals surface area contributed by atoms with Gasteiger partial charge in [0.2, 0.25) is 11.8 Å². The number of nitrogens with one attached hydrogen (secondary N) is 1. The van der Waals surface area contributed by atoms with E-state index in [2.05, 4.69) is 17.1 Å². The monoisotopic (exact) mass is 372 g/mol. The van der Waals surface area contributed by atoms with Gasteiger partial charge in [0.25, 0.3) is 0 Å². The number of benzene rings is 1. The fraction of sp³-hybridized carbons (Fsp3) is 0.619. The van der Waals surface area contributed by atoms with E-state index in [4.69, 9.17) is 5.73 Å². The zero-order chi connectivity index (χ0) is 19.2. The summed E-state index contributed by atoms with van der Waals surface area (Å²) in [5.41, 5.74) is 7.80. The van der Waals surface area contributed by atoms with Gasteiger partial charge in [0, 0.05) is 44.3 Å². The Morgan fingerprint density at radius 1 is 1.11 bits per heavy atom. The second kappa shape index (κ2) is 9.33. The van der Waals surface area contributed by atoms with Gasteiger partial charge in [0.1, 0.15) is 0 Å². The smallest absolute Gasteiger partial charge is 0.227 e. The highest BCUT2D eigenvalue weighted by Crippen LogP contribution is 2.27. The highest BCUT2D eigenvalue weighted by atomic mass is 16.2. The third-order valence-electron chi connectivity index (χ3n) is 5.93. The summed E-state index contributed by atoms with van der Waals surface area (Å²) in [6.45, 7) is 6.73. The molecule has 1 saturated heterocycles. The number of carbonyl (C=O) groups excluding carboxylic acids is 2. The molecule has 0 radical (unpaired) electrons. The van der Waals surface area contributed by atoms with Crippen molar-refractivity contribution in [1.82, 2.24) is 9.80 Å². The molecule has 0 unspecified atom stereocenters. The topological polar surface area (TPSA) is 78.7 Å². The Hall–Kier alpha value is -1.92. The van der Waals surface area contributed by atoms with Gasteiger partial charge in [-0.05, 0) is 43.0 Å². The Morgan fingerprint density at radius 2 is 1.81 bits per heavy atom. The molecule has 1 aliphatic heterocycles. The molecule has 1 aliphatic carbocycles. The lowest BCUT2D eigenvalue weighted by Gasteiger charge is -2.34. The molecular weight excluding hydrogens is 340 g/mol. The third-order valence-corrected chi connectivity index (χ3v) is 5.93. The lowest BCUT2D eigenvalue weighted by atomic mass is 10.00. The van der Waals surface area contributed by atoms with Gasteiger partial charge >= 0.3 is 0 Å². The summed E-state index contributed by atoms with van der Waals surface area (Å²) < 4.78 is 0. The van der Waals surface area contributed by atoms with Crippen LogP contribution in [0.2, 0.25) is 0 Å². The molecule has 2 fully saturated rings. The average Bonchev–Trinajstić information content (AvgIpc) is 3.08.